The number of rotatable bonds is 4. The van der Waals surface area contributed by atoms with Crippen LogP contribution in [-0.4, -0.2) is 46.3 Å². The number of nitrogens with zero attached hydrogens (tertiary/aromatic N) is 4. The lowest BCUT2D eigenvalue weighted by Crippen LogP contribution is -2.54. The molecule has 1 aliphatic rings. The van der Waals surface area contributed by atoms with E-state index < -0.39 is 0 Å². The highest BCUT2D eigenvalue weighted by atomic mass is 35.5. The average molecular weight is 459 g/mol. The maximum Gasteiger partial charge on any atom is 0.244 e. The molecule has 168 valence electrons. The Morgan fingerprint density at radius 1 is 1.03 bits per heavy atom. The number of hydrogen-bond donors (Lipinski definition) is 0. The minimum atomic E-state index is 0.0877. The third-order valence-electron chi connectivity index (χ3n) is 6.36. The van der Waals surface area contributed by atoms with Gasteiger partial charge in [0.2, 0.25) is 5.91 Å². The summed E-state index contributed by atoms with van der Waals surface area (Å²) in [4.78, 5) is 17.6. The zero-order valence-electron chi connectivity index (χ0n) is 18.9. The van der Waals surface area contributed by atoms with Crippen molar-refractivity contribution in [3.8, 4) is 11.3 Å². The molecule has 0 aliphatic carbocycles. The Balaban J connectivity index is 1.37. The molecular formula is C27H27ClN4O. The predicted octanol–water partition coefficient (Wildman–Crippen LogP) is 5.40. The molecule has 1 aliphatic heterocycles. The molecule has 0 spiro atoms. The monoisotopic (exact) mass is 458 g/mol. The van der Waals surface area contributed by atoms with E-state index in [1.807, 2.05) is 58.1 Å². The van der Waals surface area contributed by atoms with Crippen molar-refractivity contribution < 1.29 is 4.79 Å². The minimum absolute atomic E-state index is 0.0877. The summed E-state index contributed by atoms with van der Waals surface area (Å²) in [6, 6.07) is 24.6. The van der Waals surface area contributed by atoms with Crippen LogP contribution in [0.25, 0.3) is 22.2 Å². The van der Waals surface area contributed by atoms with Crippen LogP contribution in [-0.2, 0) is 11.3 Å². The Kier molecular flexibility index (Phi) is 5.81. The van der Waals surface area contributed by atoms with Crippen LogP contribution in [0.4, 0.5) is 5.69 Å². The van der Waals surface area contributed by atoms with E-state index in [4.69, 9.17) is 16.7 Å². The standard InChI is InChI=1S/C27H27ClN4O/c1-19-7-6-10-23(15-19)31-14-13-30(17-20(31)2)26(33)18-32-25-12-11-22(28)16-24(25)27(29-32)21-8-4-3-5-9-21/h3-12,15-16,20H,13-14,17-18H2,1-2H3. The van der Waals surface area contributed by atoms with Gasteiger partial charge < -0.3 is 9.80 Å². The Labute approximate surface area is 199 Å². The van der Waals surface area contributed by atoms with Gasteiger partial charge in [-0.05, 0) is 49.7 Å². The van der Waals surface area contributed by atoms with Gasteiger partial charge in [-0.2, -0.15) is 5.10 Å². The van der Waals surface area contributed by atoms with Crippen LogP contribution in [0.2, 0.25) is 5.02 Å². The van der Waals surface area contributed by atoms with E-state index >= 15 is 0 Å². The number of carbonyl (C=O) groups is 1. The first-order valence-corrected chi connectivity index (χ1v) is 11.7. The Bertz CT molecular complexity index is 1300. The third kappa shape index (κ3) is 4.33. The summed E-state index contributed by atoms with van der Waals surface area (Å²) < 4.78 is 1.81. The number of amides is 1. The van der Waals surface area contributed by atoms with Gasteiger partial charge in [-0.1, -0.05) is 54.1 Å². The van der Waals surface area contributed by atoms with Crippen LogP contribution >= 0.6 is 11.6 Å². The summed E-state index contributed by atoms with van der Waals surface area (Å²) in [5.41, 5.74) is 5.24. The molecular weight excluding hydrogens is 432 g/mol. The molecule has 0 bridgehead atoms. The highest BCUT2D eigenvalue weighted by molar-refractivity contribution is 6.31. The second-order valence-electron chi connectivity index (χ2n) is 8.75. The molecule has 0 radical (unpaired) electrons. The molecule has 2 heterocycles. The van der Waals surface area contributed by atoms with Gasteiger partial charge in [0.15, 0.2) is 0 Å². The number of halogens is 1. The van der Waals surface area contributed by atoms with Crippen molar-refractivity contribution >= 4 is 34.1 Å². The van der Waals surface area contributed by atoms with Gasteiger partial charge in [0.1, 0.15) is 12.2 Å². The smallest absolute Gasteiger partial charge is 0.244 e. The van der Waals surface area contributed by atoms with Gasteiger partial charge in [-0.15, -0.1) is 0 Å². The fraction of sp³-hybridized carbons (Fsp3) is 0.259. The number of aromatic nitrogens is 2. The molecule has 4 aromatic rings. The van der Waals surface area contributed by atoms with Crippen molar-refractivity contribution in [3.05, 3.63) is 83.4 Å². The van der Waals surface area contributed by atoms with Crippen LogP contribution in [0.1, 0.15) is 12.5 Å². The van der Waals surface area contributed by atoms with E-state index in [0.717, 1.165) is 28.7 Å². The summed E-state index contributed by atoms with van der Waals surface area (Å²) in [7, 11) is 0. The first-order chi connectivity index (χ1) is 16.0. The molecule has 0 saturated carbocycles. The normalized spacial score (nSPS) is 16.4. The summed E-state index contributed by atoms with van der Waals surface area (Å²) in [6.45, 7) is 6.72. The van der Waals surface area contributed by atoms with Crippen LogP contribution < -0.4 is 4.90 Å². The third-order valence-corrected chi connectivity index (χ3v) is 6.59. The highest BCUT2D eigenvalue weighted by Gasteiger charge is 2.27. The van der Waals surface area contributed by atoms with Crippen molar-refractivity contribution in [2.75, 3.05) is 24.5 Å². The van der Waals surface area contributed by atoms with Gasteiger partial charge in [0.05, 0.1) is 5.52 Å². The van der Waals surface area contributed by atoms with E-state index in [-0.39, 0.29) is 18.5 Å². The number of hydrogen-bond acceptors (Lipinski definition) is 3. The first-order valence-electron chi connectivity index (χ1n) is 11.3. The SMILES string of the molecule is Cc1cccc(N2CCN(C(=O)Cn3nc(-c4ccccc4)c4cc(Cl)ccc43)CC2C)c1. The maximum absolute atomic E-state index is 13.3. The number of piperazine rings is 1. The van der Waals surface area contributed by atoms with Crippen LogP contribution in [0, 0.1) is 6.92 Å². The average Bonchev–Trinajstić information content (AvgIpc) is 3.16. The summed E-state index contributed by atoms with van der Waals surface area (Å²) in [5, 5.41) is 6.44. The molecule has 33 heavy (non-hydrogen) atoms. The fourth-order valence-corrected chi connectivity index (χ4v) is 4.86. The molecule has 1 aromatic heterocycles. The molecule has 6 heteroatoms. The van der Waals surface area contributed by atoms with Gasteiger partial charge in [-0.3, -0.25) is 9.48 Å². The van der Waals surface area contributed by atoms with E-state index in [1.54, 1.807) is 0 Å². The van der Waals surface area contributed by atoms with Gasteiger partial charge in [-0.25, -0.2) is 0 Å². The minimum Gasteiger partial charge on any atom is -0.365 e. The lowest BCUT2D eigenvalue weighted by atomic mass is 10.1. The summed E-state index contributed by atoms with van der Waals surface area (Å²) >= 11 is 6.29. The molecule has 5 nitrogen and oxygen atoms in total. The van der Waals surface area contributed by atoms with E-state index in [2.05, 4.69) is 43.0 Å². The number of anilines is 1. The number of benzene rings is 3. The lowest BCUT2D eigenvalue weighted by Gasteiger charge is -2.41. The van der Waals surface area contributed by atoms with E-state index in [9.17, 15) is 4.79 Å². The van der Waals surface area contributed by atoms with Gasteiger partial charge in [0, 0.05) is 47.3 Å². The predicted molar refractivity (Wildman–Crippen MR) is 135 cm³/mol. The van der Waals surface area contributed by atoms with Crippen molar-refractivity contribution in [2.45, 2.75) is 26.4 Å². The zero-order chi connectivity index (χ0) is 22.9. The van der Waals surface area contributed by atoms with Crippen molar-refractivity contribution in [1.29, 1.82) is 0 Å². The summed E-state index contributed by atoms with van der Waals surface area (Å²) in [5.74, 6) is 0.0877. The van der Waals surface area contributed by atoms with Crippen molar-refractivity contribution in [1.82, 2.24) is 14.7 Å². The molecule has 3 aromatic carbocycles. The number of aryl methyl sites for hydroxylation is 1. The fourth-order valence-electron chi connectivity index (χ4n) is 4.68. The quantitative estimate of drug-likeness (QED) is 0.411. The molecule has 1 unspecified atom stereocenters. The zero-order valence-corrected chi connectivity index (χ0v) is 19.7. The van der Waals surface area contributed by atoms with E-state index in [1.165, 1.54) is 11.3 Å². The topological polar surface area (TPSA) is 41.4 Å². The largest absolute Gasteiger partial charge is 0.365 e. The van der Waals surface area contributed by atoms with Crippen LogP contribution in [0.5, 0.6) is 0 Å². The van der Waals surface area contributed by atoms with Crippen molar-refractivity contribution in [3.63, 3.8) is 0 Å². The number of fused-ring (bicyclic) bond motifs is 1. The molecule has 1 amide bonds. The molecule has 1 saturated heterocycles. The van der Waals surface area contributed by atoms with E-state index in [0.29, 0.717) is 18.1 Å². The van der Waals surface area contributed by atoms with Crippen LogP contribution in [0.15, 0.2) is 72.8 Å². The van der Waals surface area contributed by atoms with Gasteiger partial charge >= 0.3 is 0 Å². The molecule has 1 atom stereocenters. The lowest BCUT2D eigenvalue weighted by molar-refractivity contribution is -0.132. The van der Waals surface area contributed by atoms with Crippen LogP contribution in [0.3, 0.4) is 0 Å². The summed E-state index contributed by atoms with van der Waals surface area (Å²) in [6.07, 6.45) is 0. The molecule has 1 fully saturated rings. The maximum atomic E-state index is 13.3. The first kappa shape index (κ1) is 21.5. The second-order valence-corrected chi connectivity index (χ2v) is 9.19. The Hall–Kier alpha value is -3.31. The second kappa shape index (κ2) is 8.91. The number of carbonyl (C=O) groups excluding carboxylic acids is 1. The molecule has 0 N–H and O–H groups in total. The highest BCUT2D eigenvalue weighted by Crippen LogP contribution is 2.30. The Morgan fingerprint density at radius 2 is 1.85 bits per heavy atom. The van der Waals surface area contributed by atoms with Gasteiger partial charge in [0.25, 0.3) is 0 Å². The Morgan fingerprint density at radius 3 is 2.61 bits per heavy atom. The van der Waals surface area contributed by atoms with Crippen molar-refractivity contribution in [2.24, 2.45) is 0 Å². The molecule has 5 rings (SSSR count).